The number of aromatic nitrogens is 2. The van der Waals surface area contributed by atoms with Crippen molar-refractivity contribution in [3.05, 3.63) is 63.7 Å². The molecule has 11 heteroatoms. The third kappa shape index (κ3) is 5.77. The zero-order valence-corrected chi connectivity index (χ0v) is 21.3. The second-order valence-corrected chi connectivity index (χ2v) is 9.66. The van der Waals surface area contributed by atoms with Gasteiger partial charge in [0.05, 0.1) is 27.7 Å². The zero-order chi connectivity index (χ0) is 26.6. The summed E-state index contributed by atoms with van der Waals surface area (Å²) in [6, 6.07) is 10.2. The molecule has 1 aromatic heterocycles. The molecule has 1 atom stereocenters. The number of hydrogen-bond donors (Lipinski definition) is 4. The van der Waals surface area contributed by atoms with Crippen LogP contribution in [0.3, 0.4) is 0 Å². The van der Waals surface area contributed by atoms with Gasteiger partial charge in [-0.2, -0.15) is 0 Å². The van der Waals surface area contributed by atoms with Crippen LogP contribution in [0.25, 0.3) is 16.6 Å². The molecule has 10 nitrogen and oxygen atoms in total. The van der Waals surface area contributed by atoms with Crippen molar-refractivity contribution in [1.82, 2.24) is 19.8 Å². The summed E-state index contributed by atoms with van der Waals surface area (Å²) >= 11 is 6.36. The first-order chi connectivity index (χ1) is 17.0. The lowest BCUT2D eigenvalue weighted by molar-refractivity contribution is 0.0719. The summed E-state index contributed by atoms with van der Waals surface area (Å²) in [4.78, 5) is 44.0. The minimum atomic E-state index is -1.16. The van der Waals surface area contributed by atoms with Crippen LogP contribution < -0.4 is 16.2 Å². The van der Waals surface area contributed by atoms with Crippen molar-refractivity contribution < 1.29 is 19.8 Å². The number of nitrogens with one attached hydrogen (secondary N) is 2. The van der Waals surface area contributed by atoms with Crippen LogP contribution in [0, 0.1) is 0 Å². The van der Waals surface area contributed by atoms with E-state index >= 15 is 0 Å². The maximum Gasteiger partial charge on any atom is 0.408 e. The van der Waals surface area contributed by atoms with Crippen molar-refractivity contribution in [2.24, 2.45) is 0 Å². The molecule has 0 spiro atoms. The highest BCUT2D eigenvalue weighted by molar-refractivity contribution is 6.35. The van der Waals surface area contributed by atoms with E-state index in [2.05, 4.69) is 15.6 Å². The van der Waals surface area contributed by atoms with Gasteiger partial charge in [-0.15, -0.1) is 0 Å². The van der Waals surface area contributed by atoms with Gasteiger partial charge >= 0.3 is 12.1 Å². The molecule has 0 aliphatic carbocycles. The maximum absolute atomic E-state index is 13.7. The van der Waals surface area contributed by atoms with E-state index in [1.54, 1.807) is 70.2 Å². The number of benzene rings is 2. The van der Waals surface area contributed by atoms with Gasteiger partial charge in [-0.25, -0.2) is 14.6 Å². The Morgan fingerprint density at radius 2 is 1.89 bits per heavy atom. The molecule has 192 valence electrons. The molecular weight excluding hydrogens is 486 g/mol. The van der Waals surface area contributed by atoms with E-state index in [4.69, 9.17) is 16.7 Å². The molecule has 3 aromatic rings. The van der Waals surface area contributed by atoms with Gasteiger partial charge < -0.3 is 20.8 Å². The van der Waals surface area contributed by atoms with Crippen molar-refractivity contribution in [1.29, 1.82) is 0 Å². The standard InChI is InChI=1S/C25H30ClN5O5/c1-15(31(24(35)36)25(2,3)4)21-29-20-18(10-6-11-19(20)26)22(33)30(21)17-9-5-8-16(14-17)28-23(34)27-12-7-13-32/h5-6,8-11,14-15,32H,7,12-13H2,1-4H3,(H,35,36)(H2,27,28,34)/t15-/m0/s1. The van der Waals surface area contributed by atoms with Gasteiger partial charge in [0.15, 0.2) is 0 Å². The second-order valence-electron chi connectivity index (χ2n) is 9.25. The Hall–Kier alpha value is -3.63. The fraction of sp³-hybridized carbons (Fsp3) is 0.360. The molecule has 0 aliphatic heterocycles. The quantitative estimate of drug-likeness (QED) is 0.344. The summed E-state index contributed by atoms with van der Waals surface area (Å²) in [5.41, 5.74) is -0.133. The molecule has 3 amide bonds. The summed E-state index contributed by atoms with van der Waals surface area (Å²) in [6.45, 7) is 7.20. The van der Waals surface area contributed by atoms with E-state index < -0.39 is 29.3 Å². The van der Waals surface area contributed by atoms with Gasteiger partial charge in [0, 0.05) is 24.4 Å². The van der Waals surface area contributed by atoms with Crippen molar-refractivity contribution >= 4 is 40.3 Å². The average molecular weight is 516 g/mol. The van der Waals surface area contributed by atoms with Gasteiger partial charge in [0.25, 0.3) is 5.56 Å². The molecule has 0 bridgehead atoms. The number of anilines is 1. The van der Waals surface area contributed by atoms with E-state index in [9.17, 15) is 19.5 Å². The van der Waals surface area contributed by atoms with Crippen LogP contribution in [-0.4, -0.2) is 55.5 Å². The molecule has 0 aliphatic rings. The number of carbonyl (C=O) groups is 2. The number of urea groups is 1. The first-order valence-electron chi connectivity index (χ1n) is 11.4. The Morgan fingerprint density at radius 3 is 2.53 bits per heavy atom. The van der Waals surface area contributed by atoms with Crippen molar-refractivity contribution in [3.63, 3.8) is 0 Å². The number of aliphatic hydroxyl groups is 1. The second kappa shape index (κ2) is 11.0. The van der Waals surface area contributed by atoms with Crippen molar-refractivity contribution in [3.8, 4) is 5.69 Å². The van der Waals surface area contributed by atoms with E-state index in [0.29, 0.717) is 24.3 Å². The summed E-state index contributed by atoms with van der Waals surface area (Å²) in [5, 5.41) is 24.7. The predicted octanol–water partition coefficient (Wildman–Crippen LogP) is 4.38. The van der Waals surface area contributed by atoms with Gasteiger partial charge in [-0.1, -0.05) is 23.7 Å². The minimum absolute atomic E-state index is 0.0411. The van der Waals surface area contributed by atoms with Gasteiger partial charge in [-0.3, -0.25) is 14.3 Å². The number of carboxylic acid groups (broad SMARTS) is 1. The smallest absolute Gasteiger partial charge is 0.408 e. The Bertz CT molecular complexity index is 1330. The van der Waals surface area contributed by atoms with E-state index in [0.717, 1.165) is 0 Å². The Kier molecular flexibility index (Phi) is 8.21. The molecule has 1 heterocycles. The first-order valence-corrected chi connectivity index (χ1v) is 11.8. The topological polar surface area (TPSA) is 137 Å². The lowest BCUT2D eigenvalue weighted by atomic mass is 10.0. The average Bonchev–Trinajstić information content (AvgIpc) is 2.78. The summed E-state index contributed by atoms with van der Waals surface area (Å²) in [7, 11) is 0. The number of fused-ring (bicyclic) bond motifs is 1. The van der Waals surface area contributed by atoms with Crippen molar-refractivity contribution in [2.45, 2.75) is 45.7 Å². The number of para-hydroxylation sites is 1. The molecule has 2 aromatic carbocycles. The highest BCUT2D eigenvalue weighted by Gasteiger charge is 2.34. The lowest BCUT2D eigenvalue weighted by Crippen LogP contribution is -2.47. The maximum atomic E-state index is 13.7. The molecule has 0 saturated carbocycles. The van der Waals surface area contributed by atoms with Gasteiger partial charge in [0.2, 0.25) is 0 Å². The van der Waals surface area contributed by atoms with Gasteiger partial charge in [0.1, 0.15) is 5.82 Å². The van der Waals surface area contributed by atoms with E-state index in [1.807, 2.05) is 0 Å². The highest BCUT2D eigenvalue weighted by atomic mass is 35.5. The Labute approximate surface area is 213 Å². The molecule has 3 rings (SSSR count). The molecule has 0 saturated heterocycles. The third-order valence-corrected chi connectivity index (χ3v) is 5.85. The van der Waals surface area contributed by atoms with Crippen LogP contribution in [0.1, 0.15) is 46.0 Å². The number of carbonyl (C=O) groups excluding carboxylic acids is 1. The van der Waals surface area contributed by atoms with E-state index in [-0.39, 0.29) is 28.4 Å². The summed E-state index contributed by atoms with van der Waals surface area (Å²) in [5.74, 6) is 0.183. The number of aliphatic hydroxyl groups excluding tert-OH is 1. The summed E-state index contributed by atoms with van der Waals surface area (Å²) in [6.07, 6.45) is -0.742. The van der Waals surface area contributed by atoms with Crippen LogP contribution in [0.5, 0.6) is 0 Å². The monoisotopic (exact) mass is 515 g/mol. The first kappa shape index (κ1) is 27.0. The number of hydrogen-bond acceptors (Lipinski definition) is 5. The summed E-state index contributed by atoms with van der Waals surface area (Å²) < 4.78 is 1.35. The number of amides is 3. The normalized spacial score (nSPS) is 12.3. The minimum Gasteiger partial charge on any atom is -0.465 e. The Morgan fingerprint density at radius 1 is 1.19 bits per heavy atom. The SMILES string of the molecule is C[C@@H](c1nc2c(Cl)cccc2c(=O)n1-c1cccc(NC(=O)NCCCO)c1)N(C(=O)O)C(C)(C)C. The fourth-order valence-electron chi connectivity index (χ4n) is 4.05. The predicted molar refractivity (Wildman–Crippen MR) is 139 cm³/mol. The van der Waals surface area contributed by atoms with Crippen molar-refractivity contribution in [2.75, 3.05) is 18.5 Å². The molecular formula is C25H30ClN5O5. The molecule has 0 radical (unpaired) electrons. The van der Waals surface area contributed by atoms with Crippen LogP contribution >= 0.6 is 11.6 Å². The van der Waals surface area contributed by atoms with Crippen LogP contribution in [0.15, 0.2) is 47.3 Å². The molecule has 4 N–H and O–H groups in total. The zero-order valence-electron chi connectivity index (χ0n) is 20.6. The van der Waals surface area contributed by atoms with E-state index in [1.165, 1.54) is 9.47 Å². The van der Waals surface area contributed by atoms with Gasteiger partial charge in [-0.05, 0) is 64.4 Å². The van der Waals surface area contributed by atoms with Crippen LogP contribution in [0.2, 0.25) is 5.02 Å². The van der Waals surface area contributed by atoms with Crippen LogP contribution in [-0.2, 0) is 0 Å². The number of rotatable bonds is 7. The third-order valence-electron chi connectivity index (χ3n) is 5.55. The molecule has 36 heavy (non-hydrogen) atoms. The highest BCUT2D eigenvalue weighted by Crippen LogP contribution is 2.30. The lowest BCUT2D eigenvalue weighted by Gasteiger charge is -2.38. The molecule has 0 fully saturated rings. The largest absolute Gasteiger partial charge is 0.465 e. The number of nitrogens with zero attached hydrogens (tertiary/aromatic N) is 3. The van der Waals surface area contributed by atoms with Crippen LogP contribution in [0.4, 0.5) is 15.3 Å². The molecule has 0 unspecified atom stereocenters. The number of halogens is 1. The Balaban J connectivity index is 2.19. The fourth-order valence-corrected chi connectivity index (χ4v) is 4.27.